The van der Waals surface area contributed by atoms with Crippen molar-refractivity contribution in [3.05, 3.63) is 263 Å². The summed E-state index contributed by atoms with van der Waals surface area (Å²) in [6.45, 7) is 2.98. The number of hydrogen-bond donors (Lipinski definition) is 0. The van der Waals surface area contributed by atoms with E-state index < -0.39 is 0 Å². The van der Waals surface area contributed by atoms with Gasteiger partial charge >= 0.3 is 0 Å². The first-order valence-corrected chi connectivity index (χ1v) is 27.3. The Hall–Kier alpha value is -8.30. The van der Waals surface area contributed by atoms with Crippen molar-refractivity contribution in [1.82, 2.24) is 8.75 Å². The molecule has 0 saturated carbocycles. The van der Waals surface area contributed by atoms with Gasteiger partial charge in [0.2, 0.25) is 0 Å². The van der Waals surface area contributed by atoms with Crippen LogP contribution >= 0.6 is 11.7 Å². The molecule has 9 aromatic carbocycles. The number of nitrogens with zero attached hydrogens (tertiary/aromatic N) is 4. The van der Waals surface area contributed by atoms with Gasteiger partial charge in [-0.1, -0.05) is 233 Å². The lowest BCUT2D eigenvalue weighted by Crippen LogP contribution is -1.99. The van der Waals surface area contributed by atoms with Crippen LogP contribution < -0.4 is 9.47 Å². The van der Waals surface area contributed by atoms with E-state index in [-0.39, 0.29) is 0 Å². The lowest BCUT2D eigenvalue weighted by atomic mass is 9.84. The Bertz CT molecular complexity index is 3600. The van der Waals surface area contributed by atoms with E-state index in [1.807, 2.05) is 12.1 Å². The summed E-state index contributed by atoms with van der Waals surface area (Å²) >= 11 is 2.44. The zero-order valence-electron chi connectivity index (χ0n) is 42.2. The van der Waals surface area contributed by atoms with Gasteiger partial charge < -0.3 is 9.47 Å². The molecule has 75 heavy (non-hydrogen) atoms. The van der Waals surface area contributed by atoms with Crippen molar-refractivity contribution < 1.29 is 9.47 Å². The third kappa shape index (κ3) is 10.6. The van der Waals surface area contributed by atoms with Gasteiger partial charge in [-0.3, -0.25) is 0 Å². The molecule has 1 aliphatic heterocycles. The molecule has 0 unspecified atom stereocenters. The summed E-state index contributed by atoms with van der Waals surface area (Å²) in [5.74, 6) is 1.70. The second-order valence-corrected chi connectivity index (χ2v) is 19.7. The molecule has 0 spiro atoms. The van der Waals surface area contributed by atoms with E-state index in [1.54, 1.807) is 7.11 Å². The van der Waals surface area contributed by atoms with Crippen LogP contribution in [0.5, 0.6) is 11.5 Å². The number of unbranched alkanes of at least 4 members (excludes halogenated alkanes) is 5. The predicted octanol–water partition coefficient (Wildman–Crippen LogP) is 18.5. The van der Waals surface area contributed by atoms with Crippen LogP contribution in [0.3, 0.4) is 0 Å². The first-order chi connectivity index (χ1) is 37.2. The molecule has 8 heteroatoms. The first-order valence-electron chi connectivity index (χ1n) is 25.9. The van der Waals surface area contributed by atoms with Crippen LogP contribution in [0, 0.1) is 0 Å². The van der Waals surface area contributed by atoms with E-state index in [2.05, 4.69) is 213 Å². The van der Waals surface area contributed by atoms with Gasteiger partial charge in [0.15, 0.2) is 0 Å². The van der Waals surface area contributed by atoms with Crippen LogP contribution in [0.4, 0.5) is 11.4 Å². The van der Waals surface area contributed by atoms with Gasteiger partial charge in [-0.25, -0.2) is 0 Å². The monoisotopic (exact) mass is 1010 g/mol. The Morgan fingerprint density at radius 1 is 0.373 bits per heavy atom. The zero-order valence-corrected chi connectivity index (χ0v) is 43.8. The third-order valence-corrected chi connectivity index (χ3v) is 14.9. The van der Waals surface area contributed by atoms with E-state index >= 15 is 0 Å². The Morgan fingerprint density at radius 2 is 0.707 bits per heavy atom. The number of rotatable bonds is 19. The molecule has 2 heterocycles. The standard InChI is InChI=1S/C67H56N4O2S2/c1-3-4-5-6-7-20-45-73-57-43-39-53(40-44-57)61(59(48-25-16-10-17-26-48)49-27-18-11-19-28-49)51-31-35-55(36-32-51)63-66-64(68-74-70-66)62(65-67(63)71-75-69-65)54-33-29-50(30-34-54)60(52-37-41-56(72-2)42-38-52)58(46-21-12-8-13-22-46)47-23-14-9-15-24-47/h8-19,21-44H,3-7,20,45H2,1-2H3. The van der Waals surface area contributed by atoms with Crippen molar-refractivity contribution in [2.24, 2.45) is 8.73 Å². The van der Waals surface area contributed by atoms with Gasteiger partial charge in [-0.2, -0.15) is 17.5 Å². The Morgan fingerprint density at radius 3 is 1.08 bits per heavy atom. The van der Waals surface area contributed by atoms with E-state index in [0.717, 1.165) is 136 Å². The Balaban J connectivity index is 0.982. The number of benzene rings is 9. The molecule has 6 nitrogen and oxygen atoms in total. The van der Waals surface area contributed by atoms with Crippen LogP contribution in [0.1, 0.15) is 90.0 Å². The molecule has 0 saturated heterocycles. The van der Waals surface area contributed by atoms with E-state index in [9.17, 15) is 0 Å². The van der Waals surface area contributed by atoms with Gasteiger partial charge in [0.05, 0.1) is 36.8 Å². The normalized spacial score (nSPS) is 11.5. The second-order valence-electron chi connectivity index (χ2n) is 18.7. The van der Waals surface area contributed by atoms with Crippen molar-refractivity contribution >= 4 is 67.8 Å². The molecule has 0 atom stereocenters. The highest BCUT2D eigenvalue weighted by molar-refractivity contribution is 7.58. The van der Waals surface area contributed by atoms with Crippen LogP contribution in [-0.4, -0.2) is 22.5 Å². The van der Waals surface area contributed by atoms with Crippen molar-refractivity contribution in [3.8, 4) is 33.8 Å². The number of ether oxygens (including phenoxy) is 2. The molecular weight excluding hydrogens is 957 g/mol. The van der Waals surface area contributed by atoms with Crippen molar-refractivity contribution in [1.29, 1.82) is 0 Å². The van der Waals surface area contributed by atoms with Crippen molar-refractivity contribution in [3.63, 3.8) is 0 Å². The zero-order chi connectivity index (χ0) is 50.8. The molecule has 1 aliphatic rings. The summed E-state index contributed by atoms with van der Waals surface area (Å²) in [4.78, 5) is 0. The molecule has 0 fully saturated rings. The minimum atomic E-state index is 0.723. The summed E-state index contributed by atoms with van der Waals surface area (Å²) < 4.78 is 31.8. The fourth-order valence-corrected chi connectivity index (χ4v) is 11.3. The molecule has 368 valence electrons. The molecule has 0 N–H and O–H groups in total. The van der Waals surface area contributed by atoms with Crippen LogP contribution in [0.15, 0.2) is 227 Å². The van der Waals surface area contributed by atoms with Crippen LogP contribution in [-0.2, 0) is 11.4 Å². The SMILES string of the molecule is CCCCCCCCOc1ccc(C(=C(c2ccccc2)c2ccccc2)c2ccc(-c3c4c(c(-c5ccc(C(=C(c6ccccc6)c6ccccc6)c6ccc(OC)cc6)cc5)c5nsnc35)N=S=N4)cc2)cc1. The summed E-state index contributed by atoms with van der Waals surface area (Å²) in [6.07, 6.45) is 7.38. The molecule has 0 radical (unpaired) electrons. The quantitative estimate of drug-likeness (QED) is 0.0598. The number of hydrogen-bond acceptors (Lipinski definition) is 7. The van der Waals surface area contributed by atoms with Gasteiger partial charge in [0.25, 0.3) is 0 Å². The molecular formula is C67H56N4O2S2. The molecule has 1 aromatic heterocycles. The minimum Gasteiger partial charge on any atom is -0.497 e. The second kappa shape index (κ2) is 23.3. The topological polar surface area (TPSA) is 69.0 Å². The average Bonchev–Trinajstić information content (AvgIpc) is 4.18. The Kier molecular flexibility index (Phi) is 15.2. The highest BCUT2D eigenvalue weighted by Crippen LogP contribution is 2.52. The maximum Gasteiger partial charge on any atom is 0.119 e. The van der Waals surface area contributed by atoms with E-state index in [4.69, 9.17) is 26.9 Å². The lowest BCUT2D eigenvalue weighted by Gasteiger charge is -2.19. The third-order valence-electron chi connectivity index (χ3n) is 13.9. The lowest BCUT2D eigenvalue weighted by molar-refractivity contribution is 0.304. The maximum absolute atomic E-state index is 6.28. The summed E-state index contributed by atoms with van der Waals surface area (Å²) in [6, 6.07) is 77.3. The number of methoxy groups -OCH3 is 1. The fraction of sp³-hybridized carbons (Fsp3) is 0.134. The van der Waals surface area contributed by atoms with Gasteiger partial charge in [-0.15, -0.1) is 0 Å². The van der Waals surface area contributed by atoms with Crippen LogP contribution in [0.25, 0.3) is 55.6 Å². The molecule has 0 bridgehead atoms. The number of fused-ring (bicyclic) bond motifs is 2. The molecule has 10 aromatic rings. The van der Waals surface area contributed by atoms with Gasteiger partial charge in [0, 0.05) is 11.1 Å². The largest absolute Gasteiger partial charge is 0.497 e. The minimum absolute atomic E-state index is 0.723. The molecule has 0 aliphatic carbocycles. The number of aromatic nitrogens is 2. The average molecular weight is 1010 g/mol. The summed E-state index contributed by atoms with van der Waals surface area (Å²) in [5.41, 5.74) is 20.5. The van der Waals surface area contributed by atoms with E-state index in [1.165, 1.54) is 55.2 Å². The Labute approximate surface area is 448 Å². The van der Waals surface area contributed by atoms with Crippen molar-refractivity contribution in [2.45, 2.75) is 45.4 Å². The summed E-state index contributed by atoms with van der Waals surface area (Å²) in [5, 5.41) is 0. The highest BCUT2D eigenvalue weighted by atomic mass is 32.1. The fourth-order valence-electron chi connectivity index (χ4n) is 10.2. The first kappa shape index (κ1) is 48.9. The van der Waals surface area contributed by atoms with Gasteiger partial charge in [-0.05, 0) is 109 Å². The maximum atomic E-state index is 6.28. The summed E-state index contributed by atoms with van der Waals surface area (Å²) in [7, 11) is 1.70. The smallest absolute Gasteiger partial charge is 0.119 e. The van der Waals surface area contributed by atoms with Gasteiger partial charge in [0.1, 0.15) is 33.9 Å². The molecule has 0 amide bonds. The van der Waals surface area contributed by atoms with Crippen LogP contribution in [0.2, 0.25) is 0 Å². The predicted molar refractivity (Wildman–Crippen MR) is 314 cm³/mol. The highest BCUT2D eigenvalue weighted by Gasteiger charge is 2.27. The molecule has 11 rings (SSSR count). The van der Waals surface area contributed by atoms with E-state index in [0.29, 0.717) is 0 Å². The van der Waals surface area contributed by atoms with Crippen molar-refractivity contribution in [2.75, 3.05) is 13.7 Å².